The van der Waals surface area contributed by atoms with E-state index in [1.807, 2.05) is 24.3 Å². The van der Waals surface area contributed by atoms with E-state index in [-0.39, 0.29) is 12.4 Å². The summed E-state index contributed by atoms with van der Waals surface area (Å²) in [6.45, 7) is 3.15. The van der Waals surface area contributed by atoms with Crippen molar-refractivity contribution < 1.29 is 9.84 Å². The van der Waals surface area contributed by atoms with Crippen LogP contribution >= 0.6 is 24.0 Å². The van der Waals surface area contributed by atoms with E-state index >= 15 is 0 Å². The largest absolute Gasteiger partial charge is 0.387 e. The molecule has 4 unspecified atom stereocenters. The molecule has 4 nitrogen and oxygen atoms in total. The molecule has 1 heterocycles. The second-order valence-corrected chi connectivity index (χ2v) is 6.75. The topological polar surface area (TPSA) is 53.5 Å². The molecule has 1 aliphatic carbocycles. The van der Waals surface area contributed by atoms with E-state index in [0.29, 0.717) is 29.6 Å². The van der Waals surface area contributed by atoms with E-state index in [2.05, 4.69) is 10.6 Å². The van der Waals surface area contributed by atoms with Crippen molar-refractivity contribution in [2.24, 2.45) is 5.92 Å². The molecule has 4 atom stereocenters. The van der Waals surface area contributed by atoms with Crippen molar-refractivity contribution in [2.75, 3.05) is 26.3 Å². The molecular weight excluding hydrogens is 335 g/mol. The lowest BCUT2D eigenvalue weighted by atomic mass is 9.93. The maximum atomic E-state index is 10.3. The maximum absolute atomic E-state index is 10.3. The van der Waals surface area contributed by atoms with Crippen LogP contribution in [0.1, 0.15) is 30.9 Å². The first kappa shape index (κ1) is 19.0. The molecule has 0 aromatic heterocycles. The average Bonchev–Trinajstić information content (AvgIpc) is 3.02. The van der Waals surface area contributed by atoms with Crippen LogP contribution in [0.4, 0.5) is 0 Å². The first-order valence-corrected chi connectivity index (χ1v) is 8.60. The maximum Gasteiger partial charge on any atom is 0.0914 e. The molecule has 3 rings (SSSR count). The number of aliphatic hydroxyl groups is 1. The predicted octanol–water partition coefficient (Wildman–Crippen LogP) is 2.54. The molecular formula is C17H26Cl2N2O2. The number of benzene rings is 1. The van der Waals surface area contributed by atoms with Crippen LogP contribution in [0.5, 0.6) is 0 Å². The molecule has 0 spiro atoms. The molecule has 1 saturated heterocycles. The molecule has 2 aliphatic rings. The Labute approximate surface area is 149 Å². The van der Waals surface area contributed by atoms with Crippen LogP contribution in [0.2, 0.25) is 5.02 Å². The van der Waals surface area contributed by atoms with Crippen molar-refractivity contribution in [3.8, 4) is 0 Å². The van der Waals surface area contributed by atoms with Gasteiger partial charge in [0.1, 0.15) is 0 Å². The van der Waals surface area contributed by atoms with E-state index in [1.165, 1.54) is 19.3 Å². The number of rotatable bonds is 5. The minimum atomic E-state index is -0.492. The van der Waals surface area contributed by atoms with Crippen molar-refractivity contribution >= 4 is 24.0 Å². The third-order valence-electron chi connectivity index (χ3n) is 4.86. The molecule has 0 bridgehead atoms. The van der Waals surface area contributed by atoms with E-state index in [0.717, 1.165) is 25.3 Å². The van der Waals surface area contributed by atoms with Crippen molar-refractivity contribution in [1.82, 2.24) is 10.6 Å². The fourth-order valence-electron chi connectivity index (χ4n) is 3.65. The molecule has 1 aromatic rings. The van der Waals surface area contributed by atoms with E-state index < -0.39 is 6.10 Å². The standard InChI is InChI=1S/C17H25ClN2O2.ClH/c18-13-6-4-12(5-7-13)17(21)10-20-15-3-1-2-14(15)16-11-22-9-8-19-16;/h4-7,14-17,19-21H,1-3,8-11H2;1H. The Bertz CT molecular complexity index is 466. The summed E-state index contributed by atoms with van der Waals surface area (Å²) in [5, 5.41) is 18.2. The summed E-state index contributed by atoms with van der Waals surface area (Å²) < 4.78 is 5.60. The lowest BCUT2D eigenvalue weighted by Gasteiger charge is -2.33. The van der Waals surface area contributed by atoms with Crippen molar-refractivity contribution in [1.29, 1.82) is 0 Å². The first-order valence-electron chi connectivity index (χ1n) is 8.22. The quantitative estimate of drug-likeness (QED) is 0.755. The minimum Gasteiger partial charge on any atom is -0.387 e. The van der Waals surface area contributed by atoms with Gasteiger partial charge in [-0.05, 0) is 36.5 Å². The van der Waals surface area contributed by atoms with Gasteiger partial charge in [0.05, 0.1) is 19.3 Å². The first-order chi connectivity index (χ1) is 10.7. The van der Waals surface area contributed by atoms with Gasteiger partial charge in [0, 0.05) is 30.2 Å². The monoisotopic (exact) mass is 360 g/mol. The lowest BCUT2D eigenvalue weighted by molar-refractivity contribution is 0.0513. The van der Waals surface area contributed by atoms with Gasteiger partial charge in [0.25, 0.3) is 0 Å². The summed E-state index contributed by atoms with van der Waals surface area (Å²) >= 11 is 5.89. The Hall–Kier alpha value is -0.360. The van der Waals surface area contributed by atoms with Crippen LogP contribution in [0.15, 0.2) is 24.3 Å². The minimum absolute atomic E-state index is 0. The number of morpholine rings is 1. The highest BCUT2D eigenvalue weighted by molar-refractivity contribution is 6.30. The molecule has 1 saturated carbocycles. The number of halogens is 2. The van der Waals surface area contributed by atoms with Crippen LogP contribution in [0.25, 0.3) is 0 Å². The summed E-state index contributed by atoms with van der Waals surface area (Å²) in [5.41, 5.74) is 0.908. The highest BCUT2D eigenvalue weighted by atomic mass is 35.5. The molecule has 0 radical (unpaired) electrons. The summed E-state index contributed by atoms with van der Waals surface area (Å²) in [6, 6.07) is 8.32. The fraction of sp³-hybridized carbons (Fsp3) is 0.647. The third-order valence-corrected chi connectivity index (χ3v) is 5.12. The second kappa shape index (κ2) is 9.21. The molecule has 1 aliphatic heterocycles. The molecule has 130 valence electrons. The summed E-state index contributed by atoms with van der Waals surface area (Å²) in [5.74, 6) is 0.595. The number of ether oxygens (including phenoxy) is 1. The summed E-state index contributed by atoms with van der Waals surface area (Å²) in [4.78, 5) is 0. The van der Waals surface area contributed by atoms with Crippen molar-refractivity contribution in [2.45, 2.75) is 37.5 Å². The van der Waals surface area contributed by atoms with Gasteiger partial charge in [0.15, 0.2) is 0 Å². The van der Waals surface area contributed by atoms with E-state index in [1.54, 1.807) is 0 Å². The number of hydrogen-bond acceptors (Lipinski definition) is 4. The van der Waals surface area contributed by atoms with Gasteiger partial charge in [-0.2, -0.15) is 0 Å². The van der Waals surface area contributed by atoms with Gasteiger partial charge in [-0.25, -0.2) is 0 Å². The second-order valence-electron chi connectivity index (χ2n) is 6.31. The molecule has 23 heavy (non-hydrogen) atoms. The highest BCUT2D eigenvalue weighted by Crippen LogP contribution is 2.30. The van der Waals surface area contributed by atoms with Gasteiger partial charge in [-0.3, -0.25) is 0 Å². The molecule has 0 amide bonds. The number of nitrogens with one attached hydrogen (secondary N) is 2. The zero-order valence-corrected chi connectivity index (χ0v) is 14.8. The van der Waals surface area contributed by atoms with Crippen LogP contribution in [0.3, 0.4) is 0 Å². The predicted molar refractivity (Wildman–Crippen MR) is 95.4 cm³/mol. The van der Waals surface area contributed by atoms with Gasteiger partial charge in [-0.1, -0.05) is 30.2 Å². The Morgan fingerprint density at radius 3 is 2.78 bits per heavy atom. The average molecular weight is 361 g/mol. The Balaban J connectivity index is 0.00000192. The fourth-order valence-corrected chi connectivity index (χ4v) is 3.78. The third kappa shape index (κ3) is 5.05. The smallest absolute Gasteiger partial charge is 0.0914 e. The van der Waals surface area contributed by atoms with E-state index in [4.69, 9.17) is 16.3 Å². The normalized spacial score (nSPS) is 29.0. The molecule has 1 aromatic carbocycles. The van der Waals surface area contributed by atoms with Gasteiger partial charge < -0.3 is 20.5 Å². The van der Waals surface area contributed by atoms with Crippen LogP contribution in [-0.4, -0.2) is 43.5 Å². The van der Waals surface area contributed by atoms with Crippen LogP contribution in [0, 0.1) is 5.92 Å². The number of aliphatic hydroxyl groups excluding tert-OH is 1. The van der Waals surface area contributed by atoms with E-state index in [9.17, 15) is 5.11 Å². The molecule has 3 N–H and O–H groups in total. The molecule has 6 heteroatoms. The van der Waals surface area contributed by atoms with Crippen molar-refractivity contribution in [3.05, 3.63) is 34.9 Å². The summed E-state index contributed by atoms with van der Waals surface area (Å²) in [6.07, 6.45) is 3.16. The Morgan fingerprint density at radius 2 is 2.09 bits per heavy atom. The lowest BCUT2D eigenvalue weighted by Crippen LogP contribution is -2.51. The Morgan fingerprint density at radius 1 is 1.30 bits per heavy atom. The van der Waals surface area contributed by atoms with Crippen LogP contribution in [-0.2, 0) is 4.74 Å². The highest BCUT2D eigenvalue weighted by Gasteiger charge is 2.34. The number of hydrogen-bond donors (Lipinski definition) is 3. The van der Waals surface area contributed by atoms with Gasteiger partial charge >= 0.3 is 0 Å². The van der Waals surface area contributed by atoms with Gasteiger partial charge in [-0.15, -0.1) is 12.4 Å². The molecule has 2 fully saturated rings. The zero-order chi connectivity index (χ0) is 15.4. The summed E-state index contributed by atoms with van der Waals surface area (Å²) in [7, 11) is 0. The van der Waals surface area contributed by atoms with Crippen LogP contribution < -0.4 is 10.6 Å². The van der Waals surface area contributed by atoms with Gasteiger partial charge in [0.2, 0.25) is 0 Å². The zero-order valence-electron chi connectivity index (χ0n) is 13.2. The van der Waals surface area contributed by atoms with Crippen molar-refractivity contribution in [3.63, 3.8) is 0 Å². The SMILES string of the molecule is Cl.OC(CNC1CCCC1C1COCCN1)c1ccc(Cl)cc1. The Kier molecular flexibility index (Phi) is 7.60.